The molecule has 1 aliphatic heterocycles. The van der Waals surface area contributed by atoms with Crippen molar-refractivity contribution in [3.05, 3.63) is 0 Å². The van der Waals surface area contributed by atoms with Gasteiger partial charge in [-0.1, -0.05) is 0 Å². The molecule has 0 spiro atoms. The van der Waals surface area contributed by atoms with E-state index in [1.807, 2.05) is 13.8 Å². The third-order valence-electron chi connectivity index (χ3n) is 4.67. The van der Waals surface area contributed by atoms with E-state index in [1.54, 1.807) is 0 Å². The van der Waals surface area contributed by atoms with Crippen LogP contribution in [-0.4, -0.2) is 58.9 Å². The van der Waals surface area contributed by atoms with E-state index in [1.165, 1.54) is 0 Å². The van der Waals surface area contributed by atoms with Gasteiger partial charge in [-0.3, -0.25) is 15.0 Å². The molecule has 1 heterocycles. The molecule has 5 heteroatoms. The van der Waals surface area contributed by atoms with Crippen molar-refractivity contribution in [1.29, 1.82) is 0 Å². The summed E-state index contributed by atoms with van der Waals surface area (Å²) < 4.78 is 5.78. The molecule has 0 aromatic rings. The summed E-state index contributed by atoms with van der Waals surface area (Å²) in [7, 11) is 0. The van der Waals surface area contributed by atoms with Crippen LogP contribution in [0.1, 0.15) is 53.4 Å². The Balaban J connectivity index is 2.10. The van der Waals surface area contributed by atoms with Crippen molar-refractivity contribution in [1.82, 2.24) is 10.2 Å². The Hall–Kier alpha value is -0.650. The lowest BCUT2D eigenvalue weighted by molar-refractivity contribution is -0.149. The van der Waals surface area contributed by atoms with Gasteiger partial charge in [0.2, 0.25) is 0 Å². The number of ether oxygens (including phenoxy) is 1. The summed E-state index contributed by atoms with van der Waals surface area (Å²) >= 11 is 0. The zero-order valence-corrected chi connectivity index (χ0v) is 13.8. The summed E-state index contributed by atoms with van der Waals surface area (Å²) in [5, 5.41) is 13.1. The third-order valence-corrected chi connectivity index (χ3v) is 4.67. The first-order chi connectivity index (χ1) is 9.74. The maximum Gasteiger partial charge on any atom is 0.323 e. The fourth-order valence-corrected chi connectivity index (χ4v) is 3.86. The number of morpholine rings is 1. The fourth-order valence-electron chi connectivity index (χ4n) is 3.86. The van der Waals surface area contributed by atoms with Gasteiger partial charge in [0.15, 0.2) is 0 Å². The Labute approximate surface area is 128 Å². The van der Waals surface area contributed by atoms with Crippen molar-refractivity contribution in [2.75, 3.05) is 19.7 Å². The molecule has 0 aromatic carbocycles. The maximum absolute atomic E-state index is 11.9. The quantitative estimate of drug-likeness (QED) is 0.829. The number of carbonyl (C=O) groups is 1. The van der Waals surface area contributed by atoms with Crippen molar-refractivity contribution >= 4 is 5.97 Å². The SMILES string of the molecule is CC(C)NC1(C(=O)O)CCCC(N2CCOC(C)(C)C2)C1. The lowest BCUT2D eigenvalue weighted by Gasteiger charge is -2.47. The van der Waals surface area contributed by atoms with E-state index >= 15 is 0 Å². The summed E-state index contributed by atoms with van der Waals surface area (Å²) in [4.78, 5) is 14.3. The van der Waals surface area contributed by atoms with Crippen molar-refractivity contribution < 1.29 is 14.6 Å². The molecule has 2 rings (SSSR count). The van der Waals surface area contributed by atoms with Gasteiger partial charge < -0.3 is 9.84 Å². The van der Waals surface area contributed by atoms with E-state index in [9.17, 15) is 9.90 Å². The second-order valence-electron chi connectivity index (χ2n) is 7.52. The van der Waals surface area contributed by atoms with Gasteiger partial charge in [0.1, 0.15) is 5.54 Å². The lowest BCUT2D eigenvalue weighted by atomic mass is 9.77. The minimum atomic E-state index is -0.764. The van der Waals surface area contributed by atoms with Gasteiger partial charge in [0, 0.05) is 25.2 Å². The molecule has 0 bridgehead atoms. The van der Waals surface area contributed by atoms with Crippen LogP contribution in [-0.2, 0) is 9.53 Å². The fraction of sp³-hybridized carbons (Fsp3) is 0.938. The summed E-state index contributed by atoms with van der Waals surface area (Å²) in [5.74, 6) is -0.701. The van der Waals surface area contributed by atoms with E-state index in [4.69, 9.17) is 4.74 Å². The molecule has 0 amide bonds. The smallest absolute Gasteiger partial charge is 0.323 e. The third kappa shape index (κ3) is 3.96. The van der Waals surface area contributed by atoms with E-state index in [2.05, 4.69) is 24.1 Å². The minimum absolute atomic E-state index is 0.132. The largest absolute Gasteiger partial charge is 0.480 e. The number of rotatable bonds is 4. The Kier molecular flexibility index (Phi) is 4.96. The number of hydrogen-bond donors (Lipinski definition) is 2. The second-order valence-corrected chi connectivity index (χ2v) is 7.52. The Morgan fingerprint density at radius 2 is 2.14 bits per heavy atom. The van der Waals surface area contributed by atoms with Gasteiger partial charge >= 0.3 is 5.97 Å². The Morgan fingerprint density at radius 3 is 2.71 bits per heavy atom. The molecule has 0 aromatic heterocycles. The second kappa shape index (κ2) is 6.23. The van der Waals surface area contributed by atoms with Gasteiger partial charge in [-0.05, 0) is 53.4 Å². The molecular weight excluding hydrogens is 268 g/mol. The lowest BCUT2D eigenvalue weighted by Crippen LogP contribution is -2.62. The van der Waals surface area contributed by atoms with E-state index in [0.717, 1.165) is 39.0 Å². The Morgan fingerprint density at radius 1 is 1.43 bits per heavy atom. The van der Waals surface area contributed by atoms with E-state index in [0.29, 0.717) is 12.5 Å². The molecule has 2 atom stereocenters. The highest BCUT2D eigenvalue weighted by Gasteiger charge is 2.45. The number of carboxylic acid groups (broad SMARTS) is 1. The highest BCUT2D eigenvalue weighted by molar-refractivity contribution is 5.79. The van der Waals surface area contributed by atoms with Crippen LogP contribution >= 0.6 is 0 Å². The molecule has 1 saturated carbocycles. The first-order valence-electron chi connectivity index (χ1n) is 8.13. The number of carboxylic acids is 1. The summed E-state index contributed by atoms with van der Waals surface area (Å²) in [6.07, 6.45) is 3.47. The predicted molar refractivity (Wildman–Crippen MR) is 82.5 cm³/mol. The van der Waals surface area contributed by atoms with Crippen LogP contribution in [0.4, 0.5) is 0 Å². The van der Waals surface area contributed by atoms with Crippen molar-refractivity contribution in [2.24, 2.45) is 0 Å². The van der Waals surface area contributed by atoms with Crippen LogP contribution in [0.3, 0.4) is 0 Å². The summed E-state index contributed by atoms with van der Waals surface area (Å²) in [6.45, 7) is 10.8. The standard InChI is InChI=1S/C16H30N2O3/c1-12(2)17-16(14(19)20)7-5-6-13(10-16)18-8-9-21-15(3,4)11-18/h12-13,17H,5-11H2,1-4H3,(H,19,20). The first kappa shape index (κ1) is 16.7. The molecular formula is C16H30N2O3. The topological polar surface area (TPSA) is 61.8 Å². The van der Waals surface area contributed by atoms with Gasteiger partial charge in [-0.25, -0.2) is 0 Å². The van der Waals surface area contributed by atoms with Crippen LogP contribution in [0, 0.1) is 0 Å². The molecule has 5 nitrogen and oxygen atoms in total. The van der Waals surface area contributed by atoms with Gasteiger partial charge in [-0.15, -0.1) is 0 Å². The molecule has 2 fully saturated rings. The number of nitrogens with zero attached hydrogens (tertiary/aromatic N) is 1. The molecule has 122 valence electrons. The molecule has 0 radical (unpaired) electrons. The average Bonchev–Trinajstić information content (AvgIpc) is 2.36. The monoisotopic (exact) mass is 298 g/mol. The maximum atomic E-state index is 11.9. The number of aliphatic carboxylic acids is 1. The van der Waals surface area contributed by atoms with Crippen molar-refractivity contribution in [3.8, 4) is 0 Å². The minimum Gasteiger partial charge on any atom is -0.480 e. The Bertz CT molecular complexity index is 384. The van der Waals surface area contributed by atoms with Crippen LogP contribution in [0.25, 0.3) is 0 Å². The van der Waals surface area contributed by atoms with Gasteiger partial charge in [0.25, 0.3) is 0 Å². The van der Waals surface area contributed by atoms with Crippen LogP contribution < -0.4 is 5.32 Å². The van der Waals surface area contributed by atoms with Crippen LogP contribution in [0.15, 0.2) is 0 Å². The highest BCUT2D eigenvalue weighted by Crippen LogP contribution is 2.34. The predicted octanol–water partition coefficient (Wildman–Crippen LogP) is 1.86. The average molecular weight is 298 g/mol. The first-order valence-corrected chi connectivity index (χ1v) is 8.13. The van der Waals surface area contributed by atoms with Gasteiger partial charge in [-0.2, -0.15) is 0 Å². The summed E-state index contributed by atoms with van der Waals surface area (Å²) in [6, 6.07) is 0.519. The van der Waals surface area contributed by atoms with E-state index in [-0.39, 0.29) is 11.6 Å². The zero-order chi connectivity index (χ0) is 15.7. The van der Waals surface area contributed by atoms with E-state index < -0.39 is 11.5 Å². The normalized spacial score (nSPS) is 34.0. The number of hydrogen-bond acceptors (Lipinski definition) is 4. The number of nitrogens with one attached hydrogen (secondary N) is 1. The molecule has 2 aliphatic rings. The highest BCUT2D eigenvalue weighted by atomic mass is 16.5. The van der Waals surface area contributed by atoms with Crippen LogP contribution in [0.2, 0.25) is 0 Å². The molecule has 1 aliphatic carbocycles. The summed E-state index contributed by atoms with van der Waals surface area (Å²) in [5.41, 5.74) is -0.896. The van der Waals surface area contributed by atoms with Gasteiger partial charge in [0.05, 0.1) is 12.2 Å². The molecule has 2 N–H and O–H groups in total. The van der Waals surface area contributed by atoms with Crippen LogP contribution in [0.5, 0.6) is 0 Å². The van der Waals surface area contributed by atoms with Crippen molar-refractivity contribution in [3.63, 3.8) is 0 Å². The molecule has 2 unspecified atom stereocenters. The molecule has 21 heavy (non-hydrogen) atoms. The molecule has 1 saturated heterocycles. The zero-order valence-electron chi connectivity index (χ0n) is 13.8. The van der Waals surface area contributed by atoms with Crippen molar-refractivity contribution in [2.45, 2.75) is 76.6 Å².